The lowest BCUT2D eigenvalue weighted by Crippen LogP contribution is -2.38. The predicted octanol–water partition coefficient (Wildman–Crippen LogP) is 2.23. The molecule has 2 aliphatic rings. The molecule has 130 valence electrons. The fraction of sp³-hybridized carbons (Fsp3) is 0.750. The Hall–Kier alpha value is -1.96. The molecule has 1 saturated heterocycles. The van der Waals surface area contributed by atoms with Crippen LogP contribution in [-0.4, -0.2) is 53.1 Å². The molecule has 24 heavy (non-hydrogen) atoms. The second kappa shape index (κ2) is 6.88. The van der Waals surface area contributed by atoms with Crippen LogP contribution in [0.25, 0.3) is 11.3 Å². The number of nitrogens with zero attached hydrogens (tertiary/aromatic N) is 5. The lowest BCUT2D eigenvalue weighted by Gasteiger charge is -2.34. The van der Waals surface area contributed by atoms with Crippen molar-refractivity contribution in [1.82, 2.24) is 20.3 Å². The molecule has 2 aromatic rings. The minimum Gasteiger partial charge on any atom is -0.384 e. The third-order valence-corrected chi connectivity index (χ3v) is 5.01. The molecule has 2 aromatic heterocycles. The van der Waals surface area contributed by atoms with E-state index in [1.807, 2.05) is 0 Å². The highest BCUT2D eigenvalue weighted by molar-refractivity contribution is 5.74. The summed E-state index contributed by atoms with van der Waals surface area (Å²) in [7, 11) is 1.76. The van der Waals surface area contributed by atoms with Gasteiger partial charge in [-0.3, -0.25) is 0 Å². The summed E-state index contributed by atoms with van der Waals surface area (Å²) < 4.78 is 10.1. The maximum absolute atomic E-state index is 5.35. The topological polar surface area (TPSA) is 89.2 Å². The average Bonchev–Trinajstić information content (AvgIpc) is 3.26. The molecule has 8 heteroatoms. The van der Waals surface area contributed by atoms with Gasteiger partial charge in [-0.2, -0.15) is 0 Å². The molecule has 2 fully saturated rings. The normalized spacial score (nSPS) is 22.4. The highest BCUT2D eigenvalue weighted by Crippen LogP contribution is 2.31. The molecule has 1 aliphatic heterocycles. The van der Waals surface area contributed by atoms with Crippen molar-refractivity contribution in [3.63, 3.8) is 0 Å². The van der Waals surface area contributed by atoms with Crippen LogP contribution in [0.5, 0.6) is 0 Å². The van der Waals surface area contributed by atoms with Gasteiger partial charge in [0.2, 0.25) is 11.3 Å². The van der Waals surface area contributed by atoms with Crippen molar-refractivity contribution in [2.45, 2.75) is 44.6 Å². The maximum atomic E-state index is 5.35. The van der Waals surface area contributed by atoms with Crippen molar-refractivity contribution in [1.29, 1.82) is 0 Å². The summed E-state index contributed by atoms with van der Waals surface area (Å²) >= 11 is 0. The van der Waals surface area contributed by atoms with Crippen LogP contribution < -0.4 is 10.2 Å². The standard InChI is InChI=1S/C16H24N6O2/c1-23-10-11-5-4-8-22(9-11)16-15(17-12-6-2-3-7-12)18-13-14(19-16)21-24-20-13/h11-12H,2-10H2,1H3,(H,17,18,20)/t11-/m0/s1. The van der Waals surface area contributed by atoms with Crippen LogP contribution in [-0.2, 0) is 4.74 Å². The zero-order valence-corrected chi connectivity index (χ0v) is 14.1. The number of hydrogen-bond acceptors (Lipinski definition) is 8. The lowest BCUT2D eigenvalue weighted by atomic mass is 9.99. The number of piperidine rings is 1. The summed E-state index contributed by atoms with van der Waals surface area (Å²) in [4.78, 5) is 11.6. The molecule has 8 nitrogen and oxygen atoms in total. The van der Waals surface area contributed by atoms with E-state index in [1.54, 1.807) is 7.11 Å². The van der Waals surface area contributed by atoms with E-state index in [4.69, 9.17) is 9.37 Å². The third kappa shape index (κ3) is 3.15. The summed E-state index contributed by atoms with van der Waals surface area (Å²) in [6.07, 6.45) is 7.23. The van der Waals surface area contributed by atoms with Gasteiger partial charge in [0.1, 0.15) is 0 Å². The minimum atomic E-state index is 0.463. The van der Waals surface area contributed by atoms with Crippen LogP contribution in [0, 0.1) is 5.92 Å². The Morgan fingerprint density at radius 3 is 2.71 bits per heavy atom. The van der Waals surface area contributed by atoms with Crippen LogP contribution in [0.1, 0.15) is 38.5 Å². The summed E-state index contributed by atoms with van der Waals surface area (Å²) in [5.74, 6) is 2.20. The van der Waals surface area contributed by atoms with Crippen LogP contribution in [0.3, 0.4) is 0 Å². The van der Waals surface area contributed by atoms with E-state index in [9.17, 15) is 0 Å². The first-order chi connectivity index (χ1) is 11.8. The van der Waals surface area contributed by atoms with Crippen molar-refractivity contribution in [2.24, 2.45) is 5.92 Å². The van der Waals surface area contributed by atoms with E-state index >= 15 is 0 Å². The summed E-state index contributed by atoms with van der Waals surface area (Å²) in [5, 5.41) is 11.3. The third-order valence-electron chi connectivity index (χ3n) is 5.01. The molecule has 0 amide bonds. The average molecular weight is 332 g/mol. The van der Waals surface area contributed by atoms with Gasteiger partial charge in [0.05, 0.1) is 6.61 Å². The SMILES string of the molecule is COC[C@H]1CCCN(c2nc3nonc3nc2NC2CCCC2)C1. The van der Waals surface area contributed by atoms with E-state index in [1.165, 1.54) is 32.1 Å². The number of fused-ring (bicyclic) bond motifs is 1. The molecule has 1 N–H and O–H groups in total. The fourth-order valence-electron chi connectivity index (χ4n) is 3.84. The zero-order chi connectivity index (χ0) is 16.4. The van der Waals surface area contributed by atoms with Gasteiger partial charge in [-0.15, -0.1) is 0 Å². The Morgan fingerprint density at radius 1 is 1.12 bits per heavy atom. The molecule has 0 aromatic carbocycles. The van der Waals surface area contributed by atoms with E-state index in [0.717, 1.165) is 37.8 Å². The molecule has 1 aliphatic carbocycles. The van der Waals surface area contributed by atoms with Gasteiger partial charge in [-0.25, -0.2) is 14.6 Å². The minimum absolute atomic E-state index is 0.463. The number of aromatic nitrogens is 4. The molecular weight excluding hydrogens is 308 g/mol. The number of ether oxygens (including phenoxy) is 1. The first-order valence-electron chi connectivity index (χ1n) is 8.84. The Bertz CT molecular complexity index is 682. The Kier molecular flexibility index (Phi) is 4.46. The lowest BCUT2D eigenvalue weighted by molar-refractivity contribution is 0.143. The monoisotopic (exact) mass is 332 g/mol. The zero-order valence-electron chi connectivity index (χ0n) is 14.1. The van der Waals surface area contributed by atoms with Gasteiger partial charge in [-0.05, 0) is 41.9 Å². The smallest absolute Gasteiger partial charge is 0.245 e. The van der Waals surface area contributed by atoms with Crippen LogP contribution >= 0.6 is 0 Å². The number of nitrogens with one attached hydrogen (secondary N) is 1. The Balaban J connectivity index is 1.63. The van der Waals surface area contributed by atoms with Gasteiger partial charge >= 0.3 is 0 Å². The Morgan fingerprint density at radius 2 is 1.92 bits per heavy atom. The van der Waals surface area contributed by atoms with E-state index < -0.39 is 0 Å². The Labute approximate surface area is 140 Å². The molecule has 0 spiro atoms. The van der Waals surface area contributed by atoms with E-state index in [2.05, 4.69) is 30.5 Å². The highest BCUT2D eigenvalue weighted by Gasteiger charge is 2.26. The number of methoxy groups -OCH3 is 1. The molecule has 0 bridgehead atoms. The number of anilines is 2. The van der Waals surface area contributed by atoms with Gasteiger partial charge in [0.15, 0.2) is 11.6 Å². The van der Waals surface area contributed by atoms with Crippen molar-refractivity contribution in [3.8, 4) is 0 Å². The second-order valence-electron chi connectivity index (χ2n) is 6.84. The van der Waals surface area contributed by atoms with Gasteiger partial charge < -0.3 is 15.0 Å². The van der Waals surface area contributed by atoms with Crippen LogP contribution in [0.15, 0.2) is 4.63 Å². The number of hydrogen-bond donors (Lipinski definition) is 1. The highest BCUT2D eigenvalue weighted by atomic mass is 16.6. The van der Waals surface area contributed by atoms with Gasteiger partial charge in [-0.1, -0.05) is 12.8 Å². The second-order valence-corrected chi connectivity index (χ2v) is 6.84. The molecule has 1 saturated carbocycles. The quantitative estimate of drug-likeness (QED) is 0.891. The van der Waals surface area contributed by atoms with Crippen molar-refractivity contribution in [2.75, 3.05) is 37.0 Å². The summed E-state index contributed by atoms with van der Waals surface area (Å²) in [6, 6.07) is 0.468. The fourth-order valence-corrected chi connectivity index (χ4v) is 3.84. The predicted molar refractivity (Wildman–Crippen MR) is 90.1 cm³/mol. The molecule has 4 rings (SSSR count). The first kappa shape index (κ1) is 15.6. The van der Waals surface area contributed by atoms with Crippen LogP contribution in [0.2, 0.25) is 0 Å². The van der Waals surface area contributed by atoms with E-state index in [-0.39, 0.29) is 0 Å². The summed E-state index contributed by atoms with van der Waals surface area (Å²) in [5.41, 5.74) is 0.931. The molecule has 0 unspecified atom stereocenters. The molecule has 3 heterocycles. The molecule has 1 atom stereocenters. The van der Waals surface area contributed by atoms with Crippen molar-refractivity contribution < 1.29 is 9.37 Å². The van der Waals surface area contributed by atoms with Crippen molar-refractivity contribution >= 4 is 22.9 Å². The first-order valence-corrected chi connectivity index (χ1v) is 8.84. The van der Waals surface area contributed by atoms with Gasteiger partial charge in [0, 0.05) is 26.2 Å². The van der Waals surface area contributed by atoms with Crippen molar-refractivity contribution in [3.05, 3.63) is 0 Å². The van der Waals surface area contributed by atoms with E-state index in [0.29, 0.717) is 23.3 Å². The number of rotatable bonds is 5. The maximum Gasteiger partial charge on any atom is 0.245 e. The molecular formula is C16H24N6O2. The van der Waals surface area contributed by atoms with Gasteiger partial charge in [0.25, 0.3) is 0 Å². The molecule has 0 radical (unpaired) electrons. The largest absolute Gasteiger partial charge is 0.384 e. The van der Waals surface area contributed by atoms with Crippen LogP contribution in [0.4, 0.5) is 11.6 Å². The summed E-state index contributed by atoms with van der Waals surface area (Å²) in [6.45, 7) is 2.69.